The van der Waals surface area contributed by atoms with Gasteiger partial charge in [-0.1, -0.05) is 0 Å². The second-order valence-electron chi connectivity index (χ2n) is 0.0833. The maximum atomic E-state index is 8.40. The van der Waals surface area contributed by atoms with E-state index < -0.39 is 9.29 Å². The molecule has 0 amide bonds. The molecule has 0 aromatic rings. The second-order valence-corrected chi connectivity index (χ2v) is 0.250. The van der Waals surface area contributed by atoms with Crippen molar-refractivity contribution < 1.29 is 38.6 Å². The zero-order valence-corrected chi connectivity index (χ0v) is 7.38. The van der Waals surface area contributed by atoms with Crippen LogP contribution < -0.4 is 0 Å². The molecule has 0 bridgehead atoms. The van der Waals surface area contributed by atoms with Crippen LogP contribution in [0.5, 0.6) is 0 Å². The molecule has 0 aliphatic carbocycles. The van der Waals surface area contributed by atoms with E-state index in [2.05, 4.69) is 7.72 Å². The zero-order chi connectivity index (χ0) is 4.71. The van der Waals surface area contributed by atoms with Crippen molar-refractivity contribution in [3.8, 4) is 0 Å². The van der Waals surface area contributed by atoms with Gasteiger partial charge in [-0.25, -0.2) is 0 Å². The standard InChI is InChI=1S/BO.O2Si.O.Zn/c1-2;1-3-2;;/q;;-2;+2. The van der Waals surface area contributed by atoms with E-state index >= 15 is 0 Å². The maximum Gasteiger partial charge on any atom is 2.00 e. The predicted molar refractivity (Wildman–Crippen MR) is 14.3 cm³/mol. The summed E-state index contributed by atoms with van der Waals surface area (Å²) in [7, 11) is 1.83. The molecular weight excluding hydrogens is 168 g/mol. The molecule has 4 nitrogen and oxygen atoms in total. The summed E-state index contributed by atoms with van der Waals surface area (Å²) in [5, 5.41) is 0. The van der Waals surface area contributed by atoms with Gasteiger partial charge in [0.1, 0.15) is 0 Å². The molecule has 0 fully saturated rings. The van der Waals surface area contributed by atoms with Crippen molar-refractivity contribution in [3.05, 3.63) is 0 Å². The molecule has 1 radical (unpaired) electrons. The Morgan fingerprint density at radius 1 is 1.14 bits per heavy atom. The van der Waals surface area contributed by atoms with Gasteiger partial charge < -0.3 is 5.48 Å². The quantitative estimate of drug-likeness (QED) is 0.424. The summed E-state index contributed by atoms with van der Waals surface area (Å²) in [6, 6.07) is 0. The number of hydrogen-bond donors (Lipinski definition) is 0. The average molecular weight is 168 g/mol. The van der Waals surface area contributed by atoms with Crippen molar-refractivity contribution in [2.24, 2.45) is 0 Å². The molecule has 0 aromatic carbocycles. The monoisotopic (exact) mass is 167 g/mol. The molecule has 7 heavy (non-hydrogen) atoms. The van der Waals surface area contributed by atoms with Crippen LogP contribution in [0.25, 0.3) is 0 Å². The predicted octanol–water partition coefficient (Wildman–Crippen LogP) is -1.24. The molecule has 0 unspecified atom stereocenters. The Kier molecular flexibility index (Phi) is 415. The summed E-state index contributed by atoms with van der Waals surface area (Å²) >= 11 is 0. The molecule has 0 saturated carbocycles. The third-order valence-electron chi connectivity index (χ3n) is 0. The van der Waals surface area contributed by atoms with Crippen LogP contribution in [0.1, 0.15) is 0 Å². The van der Waals surface area contributed by atoms with Crippen LogP contribution in [0, 0.1) is 0 Å². The van der Waals surface area contributed by atoms with Gasteiger partial charge in [-0.3, -0.25) is 8.92 Å². The van der Waals surface area contributed by atoms with Crippen LogP contribution in [0.3, 0.4) is 0 Å². The molecule has 0 saturated heterocycles. The minimum atomic E-state index is -1.42. The van der Waals surface area contributed by atoms with E-state index in [0.29, 0.717) is 0 Å². The van der Waals surface area contributed by atoms with Crippen molar-refractivity contribution >= 4 is 17.0 Å². The Morgan fingerprint density at radius 2 is 1.14 bits per heavy atom. The fourth-order valence-electron chi connectivity index (χ4n) is 0. The van der Waals surface area contributed by atoms with E-state index in [1.54, 1.807) is 0 Å². The summed E-state index contributed by atoms with van der Waals surface area (Å²) in [4.78, 5) is 0. The summed E-state index contributed by atoms with van der Waals surface area (Å²) in [5.41, 5.74) is 0. The van der Waals surface area contributed by atoms with Gasteiger partial charge in [0.05, 0.1) is 0 Å². The molecule has 0 heterocycles. The first-order valence-electron chi connectivity index (χ1n) is 0.644. The number of hydrogen-bond acceptors (Lipinski definition) is 3. The van der Waals surface area contributed by atoms with Crippen LogP contribution in [-0.4, -0.2) is 17.0 Å². The van der Waals surface area contributed by atoms with Gasteiger partial charge in [-0.05, 0) is 0 Å². The fourth-order valence-corrected chi connectivity index (χ4v) is 0. The Balaban J connectivity index is -0.0000000105. The Morgan fingerprint density at radius 3 is 1.14 bits per heavy atom. The second kappa shape index (κ2) is 109. The molecule has 0 atom stereocenters. The van der Waals surface area contributed by atoms with Gasteiger partial charge in [-0.2, -0.15) is 0 Å². The summed E-state index contributed by atoms with van der Waals surface area (Å²) in [6.45, 7) is 0. The summed E-state index contributed by atoms with van der Waals surface area (Å²) in [6.07, 6.45) is 0. The summed E-state index contributed by atoms with van der Waals surface area (Å²) in [5.74, 6) is 0. The van der Waals surface area contributed by atoms with E-state index in [0.717, 1.165) is 0 Å². The molecule has 0 aromatic heterocycles. The fraction of sp³-hybridized carbons (Fsp3) is 0. The third-order valence-corrected chi connectivity index (χ3v) is 0. The summed E-state index contributed by atoms with van der Waals surface area (Å²) < 4.78 is 24.6. The maximum absolute atomic E-state index is 8.40. The molecule has 7 heteroatoms. The first-order chi connectivity index (χ1) is 2.41. The Hall–Kier alpha value is 0.265. The van der Waals surface area contributed by atoms with Gasteiger partial charge in [0.2, 0.25) is 0 Å². The van der Waals surface area contributed by atoms with E-state index in [-0.39, 0.29) is 25.0 Å². The zero-order valence-electron chi connectivity index (χ0n) is 3.42. The molecule has 0 rings (SSSR count). The van der Waals surface area contributed by atoms with Crippen LogP contribution in [0.2, 0.25) is 0 Å². The first kappa shape index (κ1) is 26.7. The normalized spacial score (nSPS) is 1.57. The van der Waals surface area contributed by atoms with Crippen molar-refractivity contribution in [2.45, 2.75) is 0 Å². The van der Waals surface area contributed by atoms with Crippen molar-refractivity contribution in [1.82, 2.24) is 0 Å². The third kappa shape index (κ3) is 1620. The van der Waals surface area contributed by atoms with Crippen LogP contribution >= 0.6 is 0 Å². The molecular formula is BO4SiZn. The minimum Gasteiger partial charge on any atom is -2.00 e. The van der Waals surface area contributed by atoms with Crippen molar-refractivity contribution in [1.29, 1.82) is 0 Å². The molecule has 0 spiro atoms. The van der Waals surface area contributed by atoms with Crippen molar-refractivity contribution in [2.75, 3.05) is 0 Å². The Bertz CT molecular complexity index is 41.0. The number of rotatable bonds is 0. The van der Waals surface area contributed by atoms with E-state index in [4.69, 9.17) is 13.6 Å². The van der Waals surface area contributed by atoms with Gasteiger partial charge in [0.25, 0.3) is 0 Å². The van der Waals surface area contributed by atoms with Crippen molar-refractivity contribution in [3.63, 3.8) is 0 Å². The average Bonchev–Trinajstić information content (AvgIpc) is 1.46. The van der Waals surface area contributed by atoms with Gasteiger partial charge in [0.15, 0.2) is 0 Å². The van der Waals surface area contributed by atoms with E-state index in [9.17, 15) is 0 Å². The molecule has 0 aliphatic rings. The topological polar surface area (TPSA) is 79.7 Å². The first-order valence-corrected chi connectivity index (χ1v) is 1.46. The van der Waals surface area contributed by atoms with E-state index in [1.165, 1.54) is 0 Å². The van der Waals surface area contributed by atoms with Crippen LogP contribution in [0.15, 0.2) is 0 Å². The van der Waals surface area contributed by atoms with Gasteiger partial charge >= 0.3 is 41.2 Å². The smallest absolute Gasteiger partial charge is 2.00 e. The SMILES string of the molecule is O=[Si]=O.[B]=O.[O-2].[Zn+2]. The van der Waals surface area contributed by atoms with Gasteiger partial charge in [0, 0.05) is 0 Å². The molecule has 0 aliphatic heterocycles. The Labute approximate surface area is 56.1 Å². The molecule has 33 valence electrons. The van der Waals surface area contributed by atoms with Crippen LogP contribution in [0.4, 0.5) is 0 Å². The largest absolute Gasteiger partial charge is 2.00 e. The van der Waals surface area contributed by atoms with Gasteiger partial charge in [-0.15, -0.1) is 0 Å². The van der Waals surface area contributed by atoms with Crippen LogP contribution in [-0.2, 0) is 38.6 Å². The van der Waals surface area contributed by atoms with E-state index in [1.807, 2.05) is 0 Å². The molecule has 0 N–H and O–H groups in total. The minimum absolute atomic E-state index is 0.